The van der Waals surface area contributed by atoms with Gasteiger partial charge in [0.05, 0.1) is 14.2 Å². The molecular formula is C18H29IN4O3. The summed E-state index contributed by atoms with van der Waals surface area (Å²) in [5, 5.41) is 3.38. The van der Waals surface area contributed by atoms with Crippen molar-refractivity contribution in [2.24, 2.45) is 16.6 Å². The van der Waals surface area contributed by atoms with E-state index in [9.17, 15) is 4.79 Å². The van der Waals surface area contributed by atoms with Crippen LogP contribution in [0, 0.1) is 5.92 Å². The Kier molecular flexibility index (Phi) is 9.53. The number of amides is 1. The molecule has 1 amide bonds. The monoisotopic (exact) mass is 476 g/mol. The Morgan fingerprint density at radius 2 is 2.15 bits per heavy atom. The van der Waals surface area contributed by atoms with E-state index in [0.717, 1.165) is 43.2 Å². The molecule has 146 valence electrons. The molecule has 1 aromatic rings. The highest BCUT2D eigenvalue weighted by molar-refractivity contribution is 14.0. The number of piperidine rings is 1. The summed E-state index contributed by atoms with van der Waals surface area (Å²) in [4.78, 5) is 17.8. The number of aliphatic imine (C=N–C) groups is 1. The Morgan fingerprint density at radius 3 is 2.77 bits per heavy atom. The van der Waals surface area contributed by atoms with Gasteiger partial charge in [-0.1, -0.05) is 12.1 Å². The van der Waals surface area contributed by atoms with Gasteiger partial charge in [0.1, 0.15) is 0 Å². The lowest BCUT2D eigenvalue weighted by molar-refractivity contribution is -0.119. The van der Waals surface area contributed by atoms with Crippen molar-refractivity contribution < 1.29 is 14.3 Å². The largest absolute Gasteiger partial charge is 0.493 e. The molecule has 1 saturated heterocycles. The van der Waals surface area contributed by atoms with Gasteiger partial charge in [0.25, 0.3) is 0 Å². The number of halogens is 1. The van der Waals surface area contributed by atoms with Gasteiger partial charge in [-0.15, -0.1) is 24.0 Å². The molecule has 0 aliphatic carbocycles. The molecule has 1 aromatic carbocycles. The molecule has 0 radical (unpaired) electrons. The summed E-state index contributed by atoms with van der Waals surface area (Å²) in [7, 11) is 5.03. The van der Waals surface area contributed by atoms with Crippen molar-refractivity contribution in [2.45, 2.75) is 25.8 Å². The van der Waals surface area contributed by atoms with E-state index in [1.165, 1.54) is 0 Å². The van der Waals surface area contributed by atoms with Crippen molar-refractivity contribution in [3.05, 3.63) is 23.8 Å². The maximum atomic E-state index is 11.2. The average Bonchev–Trinajstić information content (AvgIpc) is 2.61. The summed E-state index contributed by atoms with van der Waals surface area (Å²) in [6.07, 6.45) is 2.48. The zero-order valence-corrected chi connectivity index (χ0v) is 18.0. The van der Waals surface area contributed by atoms with E-state index in [-0.39, 0.29) is 35.8 Å². The van der Waals surface area contributed by atoms with Crippen molar-refractivity contribution in [3.8, 4) is 11.5 Å². The maximum Gasteiger partial charge on any atom is 0.217 e. The second-order valence-corrected chi connectivity index (χ2v) is 6.18. The van der Waals surface area contributed by atoms with Gasteiger partial charge in [0.15, 0.2) is 17.5 Å². The number of hydrogen-bond acceptors (Lipinski definition) is 4. The van der Waals surface area contributed by atoms with Crippen molar-refractivity contribution in [3.63, 3.8) is 0 Å². The molecule has 7 nitrogen and oxygen atoms in total. The number of likely N-dealkylation sites (tertiary alicyclic amines) is 1. The quantitative estimate of drug-likeness (QED) is 0.373. The lowest BCUT2D eigenvalue weighted by Gasteiger charge is -2.34. The minimum Gasteiger partial charge on any atom is -0.493 e. The predicted octanol–water partition coefficient (Wildman–Crippen LogP) is 1.98. The van der Waals surface area contributed by atoms with E-state index in [1.807, 2.05) is 18.2 Å². The number of methoxy groups -OCH3 is 2. The molecule has 0 bridgehead atoms. The number of nitrogens with two attached hydrogens (primary N) is 1. The Balaban J connectivity index is 0.00000338. The lowest BCUT2D eigenvalue weighted by atomic mass is 9.95. The molecule has 0 spiro atoms. The topological polar surface area (TPSA) is 89.2 Å². The van der Waals surface area contributed by atoms with Crippen molar-refractivity contribution in [2.75, 3.05) is 34.4 Å². The van der Waals surface area contributed by atoms with Gasteiger partial charge in [-0.25, -0.2) is 0 Å². The zero-order valence-electron chi connectivity index (χ0n) is 15.7. The third-order valence-electron chi connectivity index (χ3n) is 4.44. The molecule has 1 atom stereocenters. The van der Waals surface area contributed by atoms with Gasteiger partial charge in [-0.3, -0.25) is 9.79 Å². The first-order valence-corrected chi connectivity index (χ1v) is 8.52. The third kappa shape index (κ3) is 5.93. The van der Waals surface area contributed by atoms with E-state index in [0.29, 0.717) is 18.7 Å². The minimum absolute atomic E-state index is 0. The van der Waals surface area contributed by atoms with Crippen molar-refractivity contribution >= 4 is 35.8 Å². The third-order valence-corrected chi connectivity index (χ3v) is 4.44. The Labute approximate surface area is 172 Å². The molecule has 2 rings (SSSR count). The molecule has 3 N–H and O–H groups in total. The Morgan fingerprint density at radius 1 is 1.38 bits per heavy atom. The normalized spacial score (nSPS) is 17.3. The number of nitrogens with zero attached hydrogens (tertiary/aromatic N) is 2. The first-order chi connectivity index (χ1) is 12.1. The number of carbonyl (C=O) groups is 1. The van der Waals surface area contributed by atoms with E-state index < -0.39 is 0 Å². The van der Waals surface area contributed by atoms with Crippen LogP contribution in [0.5, 0.6) is 11.5 Å². The summed E-state index contributed by atoms with van der Waals surface area (Å²) in [6.45, 7) is 2.28. The van der Waals surface area contributed by atoms with Gasteiger partial charge in [0.2, 0.25) is 5.91 Å². The highest BCUT2D eigenvalue weighted by Gasteiger charge is 2.23. The second kappa shape index (κ2) is 11.1. The number of carbonyl (C=O) groups excluding carboxylic acids is 1. The van der Waals surface area contributed by atoms with Crippen LogP contribution in [0.1, 0.15) is 24.8 Å². The van der Waals surface area contributed by atoms with Crippen LogP contribution in [-0.4, -0.2) is 51.1 Å². The summed E-state index contributed by atoms with van der Waals surface area (Å²) < 4.78 is 10.8. The Hall–Kier alpha value is -1.71. The number of ether oxygens (including phenoxy) is 2. The second-order valence-electron chi connectivity index (χ2n) is 6.18. The van der Waals surface area contributed by atoms with Crippen LogP contribution in [0.3, 0.4) is 0 Å². The molecule has 8 heteroatoms. The first-order valence-electron chi connectivity index (χ1n) is 8.52. The fraction of sp³-hybridized carbons (Fsp3) is 0.556. The lowest BCUT2D eigenvalue weighted by Crippen LogP contribution is -2.46. The minimum atomic E-state index is -0.240. The molecule has 0 aromatic heterocycles. The first kappa shape index (κ1) is 22.3. The van der Waals surface area contributed by atoms with Crippen LogP contribution >= 0.6 is 24.0 Å². The molecule has 1 heterocycles. The van der Waals surface area contributed by atoms with Gasteiger partial charge < -0.3 is 25.4 Å². The molecule has 1 aliphatic heterocycles. The molecule has 26 heavy (non-hydrogen) atoms. The van der Waals surface area contributed by atoms with E-state index >= 15 is 0 Å². The van der Waals surface area contributed by atoms with Gasteiger partial charge in [-0.05, 0) is 24.8 Å². The van der Waals surface area contributed by atoms with Crippen LogP contribution in [0.2, 0.25) is 0 Å². The molecular weight excluding hydrogens is 447 g/mol. The molecule has 1 fully saturated rings. The van der Waals surface area contributed by atoms with Gasteiger partial charge in [0, 0.05) is 38.7 Å². The fourth-order valence-electron chi connectivity index (χ4n) is 3.31. The van der Waals surface area contributed by atoms with Gasteiger partial charge >= 0.3 is 0 Å². The standard InChI is InChI=1S/C18H28N4O3.HI/c1-20-18(22-9-5-6-13(12-22)10-16(19)23)21-11-14-7-4-8-15(24-2)17(14)25-3;/h4,7-8,13H,5-6,9-12H2,1-3H3,(H2,19,23)(H,20,21);1H. The van der Waals surface area contributed by atoms with Crippen LogP contribution in [0.15, 0.2) is 23.2 Å². The molecule has 0 saturated carbocycles. The number of para-hydroxylation sites is 1. The number of hydrogen-bond donors (Lipinski definition) is 2. The fourth-order valence-corrected chi connectivity index (χ4v) is 3.31. The smallest absolute Gasteiger partial charge is 0.217 e. The number of nitrogens with one attached hydrogen (secondary N) is 1. The molecule has 1 unspecified atom stereocenters. The van der Waals surface area contributed by atoms with E-state index in [2.05, 4.69) is 15.2 Å². The number of benzene rings is 1. The Bertz CT molecular complexity index is 624. The van der Waals surface area contributed by atoms with Crippen LogP contribution in [0.4, 0.5) is 0 Å². The SMILES string of the molecule is CN=C(NCc1cccc(OC)c1OC)N1CCCC(CC(N)=O)C1.I. The van der Waals surface area contributed by atoms with Crippen molar-refractivity contribution in [1.29, 1.82) is 0 Å². The zero-order chi connectivity index (χ0) is 18.2. The van der Waals surface area contributed by atoms with E-state index in [1.54, 1.807) is 21.3 Å². The van der Waals surface area contributed by atoms with Crippen LogP contribution < -0.4 is 20.5 Å². The summed E-state index contributed by atoms with van der Waals surface area (Å²) in [5.74, 6) is 2.29. The number of guanidine groups is 1. The number of primary amides is 1. The highest BCUT2D eigenvalue weighted by atomic mass is 127. The summed E-state index contributed by atoms with van der Waals surface area (Å²) in [6, 6.07) is 5.80. The van der Waals surface area contributed by atoms with Crippen LogP contribution in [-0.2, 0) is 11.3 Å². The molecule has 1 aliphatic rings. The average molecular weight is 476 g/mol. The summed E-state index contributed by atoms with van der Waals surface area (Å²) >= 11 is 0. The van der Waals surface area contributed by atoms with E-state index in [4.69, 9.17) is 15.2 Å². The maximum absolute atomic E-state index is 11.2. The van der Waals surface area contributed by atoms with Crippen molar-refractivity contribution in [1.82, 2.24) is 10.2 Å². The summed E-state index contributed by atoms with van der Waals surface area (Å²) in [5.41, 5.74) is 6.34. The predicted molar refractivity (Wildman–Crippen MR) is 113 cm³/mol. The van der Waals surface area contributed by atoms with Gasteiger partial charge in [-0.2, -0.15) is 0 Å². The number of rotatable bonds is 6. The highest BCUT2D eigenvalue weighted by Crippen LogP contribution is 2.30. The van der Waals surface area contributed by atoms with Crippen LogP contribution in [0.25, 0.3) is 0 Å².